The summed E-state index contributed by atoms with van der Waals surface area (Å²) in [6.07, 6.45) is 0.613. The molecule has 0 aliphatic carbocycles. The third-order valence-electron chi connectivity index (χ3n) is 3.21. The van der Waals surface area contributed by atoms with Gasteiger partial charge in [-0.1, -0.05) is 39.1 Å². The van der Waals surface area contributed by atoms with E-state index in [1.54, 1.807) is 19.2 Å². The normalized spacial score (nSPS) is 12.2. The van der Waals surface area contributed by atoms with Gasteiger partial charge < -0.3 is 4.74 Å². The molecule has 0 radical (unpaired) electrons. The highest BCUT2D eigenvalue weighted by Gasteiger charge is 2.16. The number of hydrogen-bond donors (Lipinski definition) is 2. The number of nitrogens with one attached hydrogen (secondary N) is 1. The van der Waals surface area contributed by atoms with Crippen molar-refractivity contribution < 1.29 is 4.74 Å². The fraction of sp³-hybridized carbons (Fsp3) is 0.200. The molecule has 2 rings (SSSR count). The number of hydrogen-bond acceptors (Lipinski definition) is 3. The van der Waals surface area contributed by atoms with Gasteiger partial charge in [0.25, 0.3) is 0 Å². The lowest BCUT2D eigenvalue weighted by Crippen LogP contribution is -2.30. The molecule has 0 heterocycles. The molecule has 0 aromatic heterocycles. The molecule has 2 aromatic rings. The van der Waals surface area contributed by atoms with Gasteiger partial charge in [0.15, 0.2) is 0 Å². The molecule has 112 valence electrons. The minimum Gasteiger partial charge on any atom is -0.497 e. The van der Waals surface area contributed by atoms with Crippen LogP contribution >= 0.6 is 39.1 Å². The summed E-state index contributed by atoms with van der Waals surface area (Å²) in [4.78, 5) is 0. The number of hydrazine groups is 1. The molecule has 0 fully saturated rings. The van der Waals surface area contributed by atoms with E-state index in [9.17, 15) is 0 Å². The highest BCUT2D eigenvalue weighted by molar-refractivity contribution is 9.10. The number of halogens is 3. The van der Waals surface area contributed by atoms with E-state index in [1.807, 2.05) is 24.3 Å². The Balaban J connectivity index is 2.34. The van der Waals surface area contributed by atoms with Crippen LogP contribution in [0.2, 0.25) is 10.0 Å². The summed E-state index contributed by atoms with van der Waals surface area (Å²) in [5.41, 5.74) is 4.74. The van der Waals surface area contributed by atoms with E-state index in [0.717, 1.165) is 21.3 Å². The second kappa shape index (κ2) is 7.47. The monoisotopic (exact) mass is 388 g/mol. The van der Waals surface area contributed by atoms with E-state index in [-0.39, 0.29) is 6.04 Å². The molecule has 3 nitrogen and oxygen atoms in total. The van der Waals surface area contributed by atoms with E-state index in [4.69, 9.17) is 33.8 Å². The molecule has 1 unspecified atom stereocenters. The number of benzene rings is 2. The van der Waals surface area contributed by atoms with Crippen molar-refractivity contribution in [1.29, 1.82) is 0 Å². The first-order valence-electron chi connectivity index (χ1n) is 6.28. The molecular weight excluding hydrogens is 375 g/mol. The van der Waals surface area contributed by atoms with Gasteiger partial charge in [-0.15, -0.1) is 0 Å². The Morgan fingerprint density at radius 2 is 2.00 bits per heavy atom. The first kappa shape index (κ1) is 16.6. The van der Waals surface area contributed by atoms with Crippen molar-refractivity contribution in [3.8, 4) is 5.75 Å². The van der Waals surface area contributed by atoms with Gasteiger partial charge in [0.2, 0.25) is 0 Å². The summed E-state index contributed by atoms with van der Waals surface area (Å²) in [5, 5.41) is 1.31. The number of ether oxygens (including phenoxy) is 1. The topological polar surface area (TPSA) is 47.3 Å². The largest absolute Gasteiger partial charge is 0.497 e. The summed E-state index contributed by atoms with van der Waals surface area (Å²) in [5.74, 6) is 6.48. The fourth-order valence-electron chi connectivity index (χ4n) is 2.09. The van der Waals surface area contributed by atoms with Crippen LogP contribution in [0.15, 0.2) is 40.9 Å². The van der Waals surface area contributed by atoms with Crippen molar-refractivity contribution in [3.63, 3.8) is 0 Å². The van der Waals surface area contributed by atoms with Crippen molar-refractivity contribution >= 4 is 39.1 Å². The molecule has 3 N–H and O–H groups in total. The van der Waals surface area contributed by atoms with Crippen molar-refractivity contribution in [2.45, 2.75) is 12.5 Å². The lowest BCUT2D eigenvalue weighted by atomic mass is 9.99. The highest BCUT2D eigenvalue weighted by atomic mass is 79.9. The van der Waals surface area contributed by atoms with Gasteiger partial charge in [-0.3, -0.25) is 11.3 Å². The van der Waals surface area contributed by atoms with Gasteiger partial charge in [0, 0.05) is 14.5 Å². The Bertz CT molecular complexity index is 637. The van der Waals surface area contributed by atoms with Crippen LogP contribution in [0.4, 0.5) is 0 Å². The SMILES string of the molecule is COc1ccc(Br)c(C(Cc2cc(Cl)ccc2Cl)NN)c1. The van der Waals surface area contributed by atoms with Crippen LogP contribution < -0.4 is 16.0 Å². The van der Waals surface area contributed by atoms with Gasteiger partial charge in [0.05, 0.1) is 13.2 Å². The molecule has 2 aromatic carbocycles. The van der Waals surface area contributed by atoms with Gasteiger partial charge in [-0.05, 0) is 53.9 Å². The number of methoxy groups -OCH3 is 1. The Kier molecular flexibility index (Phi) is 5.90. The predicted octanol–water partition coefficient (Wildman–Crippen LogP) is 4.51. The van der Waals surface area contributed by atoms with E-state index in [0.29, 0.717) is 16.5 Å². The number of rotatable bonds is 5. The second-order valence-corrected chi connectivity index (χ2v) is 6.24. The first-order valence-corrected chi connectivity index (χ1v) is 7.83. The summed E-state index contributed by atoms with van der Waals surface area (Å²) < 4.78 is 6.21. The molecule has 6 heteroatoms. The highest BCUT2D eigenvalue weighted by Crippen LogP contribution is 2.31. The van der Waals surface area contributed by atoms with E-state index in [2.05, 4.69) is 21.4 Å². The van der Waals surface area contributed by atoms with Crippen LogP contribution in [0.25, 0.3) is 0 Å². The van der Waals surface area contributed by atoms with Crippen molar-refractivity contribution in [2.75, 3.05) is 7.11 Å². The predicted molar refractivity (Wildman–Crippen MR) is 90.9 cm³/mol. The Hall–Kier alpha value is -0.780. The summed E-state index contributed by atoms with van der Waals surface area (Å²) in [7, 11) is 1.63. The minimum absolute atomic E-state index is 0.120. The summed E-state index contributed by atoms with van der Waals surface area (Å²) in [6, 6.07) is 11.0. The van der Waals surface area contributed by atoms with Crippen molar-refractivity contribution in [3.05, 3.63) is 62.0 Å². The molecular formula is C15H15BrCl2N2O. The van der Waals surface area contributed by atoms with E-state index >= 15 is 0 Å². The van der Waals surface area contributed by atoms with Crippen LogP contribution in [0.5, 0.6) is 5.75 Å². The molecule has 0 aliphatic rings. The average Bonchev–Trinajstić information content (AvgIpc) is 2.49. The molecule has 0 saturated carbocycles. The van der Waals surface area contributed by atoms with Crippen LogP contribution in [0.3, 0.4) is 0 Å². The maximum Gasteiger partial charge on any atom is 0.119 e. The van der Waals surface area contributed by atoms with Gasteiger partial charge in [-0.25, -0.2) is 0 Å². The lowest BCUT2D eigenvalue weighted by Gasteiger charge is -2.19. The number of nitrogens with two attached hydrogens (primary N) is 1. The van der Waals surface area contributed by atoms with Gasteiger partial charge in [-0.2, -0.15) is 0 Å². The van der Waals surface area contributed by atoms with Gasteiger partial charge in [0.1, 0.15) is 5.75 Å². The van der Waals surface area contributed by atoms with Crippen LogP contribution in [0, 0.1) is 0 Å². The maximum absolute atomic E-state index is 6.22. The fourth-order valence-corrected chi connectivity index (χ4v) is 3.01. The maximum atomic E-state index is 6.22. The zero-order valence-electron chi connectivity index (χ0n) is 11.4. The summed E-state index contributed by atoms with van der Waals surface area (Å²) >= 11 is 15.8. The Morgan fingerprint density at radius 1 is 1.24 bits per heavy atom. The molecule has 0 aliphatic heterocycles. The molecule has 21 heavy (non-hydrogen) atoms. The first-order chi connectivity index (χ1) is 10.0. The molecule has 0 bridgehead atoms. The van der Waals surface area contributed by atoms with Crippen molar-refractivity contribution in [2.24, 2.45) is 5.84 Å². The minimum atomic E-state index is -0.120. The summed E-state index contributed by atoms with van der Waals surface area (Å²) in [6.45, 7) is 0. The lowest BCUT2D eigenvalue weighted by molar-refractivity contribution is 0.412. The van der Waals surface area contributed by atoms with E-state index in [1.165, 1.54) is 0 Å². The van der Waals surface area contributed by atoms with Crippen LogP contribution in [0.1, 0.15) is 17.2 Å². The third-order valence-corrected chi connectivity index (χ3v) is 4.54. The molecule has 1 atom stereocenters. The standard InChI is InChI=1S/C15H15BrCl2N2O/c1-21-11-3-4-13(16)12(8-11)15(20-19)7-9-6-10(17)2-5-14(9)18/h2-6,8,15,20H,7,19H2,1H3. The molecule has 0 spiro atoms. The van der Waals surface area contributed by atoms with Crippen molar-refractivity contribution in [1.82, 2.24) is 5.43 Å². The molecule has 0 amide bonds. The average molecular weight is 390 g/mol. The smallest absolute Gasteiger partial charge is 0.119 e. The van der Waals surface area contributed by atoms with Crippen LogP contribution in [-0.2, 0) is 6.42 Å². The second-order valence-electron chi connectivity index (χ2n) is 4.55. The van der Waals surface area contributed by atoms with Gasteiger partial charge >= 0.3 is 0 Å². The van der Waals surface area contributed by atoms with Crippen LogP contribution in [-0.4, -0.2) is 7.11 Å². The Morgan fingerprint density at radius 3 is 2.67 bits per heavy atom. The quantitative estimate of drug-likeness (QED) is 0.584. The third kappa shape index (κ3) is 4.11. The zero-order chi connectivity index (χ0) is 15.4. The van der Waals surface area contributed by atoms with E-state index < -0.39 is 0 Å². The zero-order valence-corrected chi connectivity index (χ0v) is 14.5. The Labute approximate surface area is 142 Å². The molecule has 0 saturated heterocycles.